The third-order valence-electron chi connectivity index (χ3n) is 6.07. The van der Waals surface area contributed by atoms with Gasteiger partial charge in [-0.25, -0.2) is 8.42 Å². The molecule has 1 atom stereocenters. The quantitative estimate of drug-likeness (QED) is 0.283. The van der Waals surface area contributed by atoms with Gasteiger partial charge in [0, 0.05) is 22.1 Å². The minimum absolute atomic E-state index is 0.0646. The number of halogens is 2. The largest absolute Gasteiger partial charge is 0.352 e. The zero-order valence-corrected chi connectivity index (χ0v) is 25.6. The maximum atomic E-state index is 14.0. The molecule has 0 aliphatic heterocycles. The predicted octanol–water partition coefficient (Wildman–Crippen LogP) is 5.94. The number of anilines is 1. The summed E-state index contributed by atoms with van der Waals surface area (Å²) >= 11 is 9.46. The minimum Gasteiger partial charge on any atom is -0.352 e. The first-order valence-corrected chi connectivity index (χ1v) is 15.2. The molecule has 0 bridgehead atoms. The molecular weight excluding hydrogens is 602 g/mol. The van der Waals surface area contributed by atoms with E-state index >= 15 is 0 Å². The fraction of sp³-hybridized carbons (Fsp3) is 0.310. The highest BCUT2D eigenvalue weighted by Gasteiger charge is 2.33. The molecule has 3 aromatic carbocycles. The lowest BCUT2D eigenvalue weighted by Gasteiger charge is -2.33. The van der Waals surface area contributed by atoms with Crippen molar-refractivity contribution in [1.29, 1.82) is 0 Å². The van der Waals surface area contributed by atoms with Crippen LogP contribution < -0.4 is 9.62 Å². The number of amides is 2. The second-order valence-electron chi connectivity index (χ2n) is 9.54. The predicted molar refractivity (Wildman–Crippen MR) is 159 cm³/mol. The van der Waals surface area contributed by atoms with Crippen LogP contribution in [0.5, 0.6) is 0 Å². The van der Waals surface area contributed by atoms with Gasteiger partial charge in [-0.3, -0.25) is 13.9 Å². The van der Waals surface area contributed by atoms with Crippen LogP contribution in [0.4, 0.5) is 5.69 Å². The number of nitrogens with one attached hydrogen (secondary N) is 1. The average Bonchev–Trinajstić information content (AvgIpc) is 2.88. The zero-order chi connectivity index (χ0) is 28.7. The number of sulfonamides is 1. The number of nitrogens with zero attached hydrogens (tertiary/aromatic N) is 2. The summed E-state index contributed by atoms with van der Waals surface area (Å²) < 4.78 is 29.5. The number of carbonyl (C=O) groups is 2. The van der Waals surface area contributed by atoms with Crippen LogP contribution in [0.2, 0.25) is 5.02 Å². The molecule has 10 heteroatoms. The molecule has 0 aliphatic rings. The normalized spacial score (nSPS) is 12.2. The number of aryl methyl sites for hydroxylation is 1. The van der Waals surface area contributed by atoms with Crippen LogP contribution >= 0.6 is 27.5 Å². The second-order valence-corrected chi connectivity index (χ2v) is 12.8. The summed E-state index contributed by atoms with van der Waals surface area (Å²) in [6, 6.07) is 19.3. The Hall–Kier alpha value is -2.88. The van der Waals surface area contributed by atoms with Crippen molar-refractivity contribution in [2.75, 3.05) is 10.8 Å². The van der Waals surface area contributed by atoms with Gasteiger partial charge < -0.3 is 10.2 Å². The van der Waals surface area contributed by atoms with Crippen molar-refractivity contribution in [3.05, 3.63) is 93.4 Å². The highest BCUT2D eigenvalue weighted by atomic mass is 79.9. The molecule has 0 fully saturated rings. The van der Waals surface area contributed by atoms with Crippen molar-refractivity contribution in [2.45, 2.75) is 57.6 Å². The summed E-state index contributed by atoms with van der Waals surface area (Å²) in [5, 5.41) is 3.43. The molecular formula is C29H33BrClN3O4S. The van der Waals surface area contributed by atoms with Crippen molar-refractivity contribution < 1.29 is 18.0 Å². The average molecular weight is 635 g/mol. The van der Waals surface area contributed by atoms with Crippen LogP contribution in [0.3, 0.4) is 0 Å². The van der Waals surface area contributed by atoms with Crippen molar-refractivity contribution in [1.82, 2.24) is 10.2 Å². The number of carbonyl (C=O) groups excluding carboxylic acids is 2. The lowest BCUT2D eigenvalue weighted by Crippen LogP contribution is -2.53. The number of rotatable bonds is 11. The molecule has 0 radical (unpaired) electrons. The van der Waals surface area contributed by atoms with E-state index in [2.05, 4.69) is 21.2 Å². The van der Waals surface area contributed by atoms with Gasteiger partial charge in [0.25, 0.3) is 10.0 Å². The van der Waals surface area contributed by atoms with Crippen LogP contribution in [0.25, 0.3) is 0 Å². The SMILES string of the molecule is CC[C@H](C(=O)NC(C)C)N(Cc1ccc(Cl)cc1)C(=O)CN(c1cccc(Br)c1)S(=O)(=O)c1ccc(C)cc1. The first-order valence-electron chi connectivity index (χ1n) is 12.6. The van der Waals surface area contributed by atoms with Crippen molar-refractivity contribution >= 4 is 55.1 Å². The number of benzene rings is 3. The molecule has 39 heavy (non-hydrogen) atoms. The summed E-state index contributed by atoms with van der Waals surface area (Å²) in [6.45, 7) is 7.00. The van der Waals surface area contributed by atoms with Crippen LogP contribution in [0.15, 0.2) is 82.2 Å². The molecule has 3 rings (SSSR count). The van der Waals surface area contributed by atoms with Crippen molar-refractivity contribution in [2.24, 2.45) is 0 Å². The summed E-state index contributed by atoms with van der Waals surface area (Å²) in [6.07, 6.45) is 0.347. The third-order valence-corrected chi connectivity index (χ3v) is 8.60. The molecule has 0 aliphatic carbocycles. The van der Waals surface area contributed by atoms with Crippen LogP contribution in [-0.4, -0.2) is 43.8 Å². The first kappa shape index (κ1) is 30.7. The Labute approximate surface area is 244 Å². The van der Waals surface area contributed by atoms with E-state index in [4.69, 9.17) is 11.6 Å². The molecule has 3 aromatic rings. The molecule has 0 heterocycles. The van der Waals surface area contributed by atoms with Gasteiger partial charge in [-0.15, -0.1) is 0 Å². The van der Waals surface area contributed by atoms with Crippen molar-refractivity contribution in [3.63, 3.8) is 0 Å². The fourth-order valence-electron chi connectivity index (χ4n) is 4.08. The summed E-state index contributed by atoms with van der Waals surface area (Å²) in [5.74, 6) is -0.809. The highest BCUT2D eigenvalue weighted by Crippen LogP contribution is 2.27. The first-order chi connectivity index (χ1) is 18.4. The number of hydrogen-bond donors (Lipinski definition) is 1. The fourth-order valence-corrected chi connectivity index (χ4v) is 6.00. The summed E-state index contributed by atoms with van der Waals surface area (Å²) in [7, 11) is -4.12. The zero-order valence-electron chi connectivity index (χ0n) is 22.4. The van der Waals surface area contributed by atoms with E-state index in [-0.39, 0.29) is 23.4 Å². The van der Waals surface area contributed by atoms with Gasteiger partial charge in [0.2, 0.25) is 11.8 Å². The van der Waals surface area contributed by atoms with Crippen molar-refractivity contribution in [3.8, 4) is 0 Å². The van der Waals surface area contributed by atoms with Gasteiger partial charge in [0.05, 0.1) is 10.6 Å². The Morgan fingerprint density at radius 2 is 1.64 bits per heavy atom. The monoisotopic (exact) mass is 633 g/mol. The lowest BCUT2D eigenvalue weighted by molar-refractivity contribution is -0.140. The van der Waals surface area contributed by atoms with Gasteiger partial charge in [0.15, 0.2) is 0 Å². The van der Waals surface area contributed by atoms with E-state index in [1.54, 1.807) is 60.7 Å². The Morgan fingerprint density at radius 1 is 1.00 bits per heavy atom. The second kappa shape index (κ2) is 13.5. The molecule has 7 nitrogen and oxygen atoms in total. The van der Waals surface area contributed by atoms with E-state index in [0.717, 1.165) is 15.4 Å². The Balaban J connectivity index is 2.06. The van der Waals surface area contributed by atoms with E-state index in [9.17, 15) is 18.0 Å². The highest BCUT2D eigenvalue weighted by molar-refractivity contribution is 9.10. The van der Waals surface area contributed by atoms with Gasteiger partial charge in [0.1, 0.15) is 12.6 Å². The molecule has 0 saturated heterocycles. The standard InChI is InChI=1S/C29H33BrClN3O4S/c1-5-27(29(36)32-20(2)3)33(18-22-11-13-24(31)14-12-22)28(35)19-34(25-8-6-7-23(30)17-25)39(37,38)26-15-9-21(4)10-16-26/h6-17,20,27H,5,18-19H2,1-4H3,(H,32,36)/t27-/m1/s1. The number of hydrogen-bond acceptors (Lipinski definition) is 4. The molecule has 0 spiro atoms. The summed E-state index contributed by atoms with van der Waals surface area (Å²) in [4.78, 5) is 28.7. The smallest absolute Gasteiger partial charge is 0.264 e. The van der Waals surface area contributed by atoms with Gasteiger partial charge >= 0.3 is 0 Å². The topological polar surface area (TPSA) is 86.8 Å². The van der Waals surface area contributed by atoms with Gasteiger partial charge in [-0.2, -0.15) is 0 Å². The maximum absolute atomic E-state index is 14.0. The molecule has 2 amide bonds. The van der Waals surface area contributed by atoms with E-state index in [1.165, 1.54) is 17.0 Å². The molecule has 208 valence electrons. The Morgan fingerprint density at radius 3 is 2.21 bits per heavy atom. The van der Waals surface area contributed by atoms with E-state index < -0.39 is 28.5 Å². The molecule has 1 N–H and O–H groups in total. The Bertz CT molecular complexity index is 1400. The van der Waals surface area contributed by atoms with E-state index in [1.807, 2.05) is 27.7 Å². The molecule has 0 aromatic heterocycles. The lowest BCUT2D eigenvalue weighted by atomic mass is 10.1. The molecule has 0 saturated carbocycles. The van der Waals surface area contributed by atoms with Crippen LogP contribution in [-0.2, 0) is 26.2 Å². The third kappa shape index (κ3) is 8.06. The summed E-state index contributed by atoms with van der Waals surface area (Å²) in [5.41, 5.74) is 2.00. The van der Waals surface area contributed by atoms with Gasteiger partial charge in [-0.1, -0.05) is 70.3 Å². The molecule has 0 unspecified atom stereocenters. The Kier molecular flexibility index (Phi) is 10.6. The minimum atomic E-state index is -4.12. The van der Waals surface area contributed by atoms with E-state index in [0.29, 0.717) is 21.6 Å². The van der Waals surface area contributed by atoms with Crippen LogP contribution in [0, 0.1) is 6.92 Å². The van der Waals surface area contributed by atoms with Crippen LogP contribution in [0.1, 0.15) is 38.3 Å². The van der Waals surface area contributed by atoms with Gasteiger partial charge in [-0.05, 0) is 75.2 Å². The maximum Gasteiger partial charge on any atom is 0.264 e.